The van der Waals surface area contributed by atoms with Crippen molar-refractivity contribution in [1.29, 1.82) is 0 Å². The number of hydrogen-bond acceptors (Lipinski definition) is 7. The van der Waals surface area contributed by atoms with Crippen LogP contribution in [-0.4, -0.2) is 53.0 Å². The number of rotatable bonds is 9. The number of aldehydes is 1. The van der Waals surface area contributed by atoms with Gasteiger partial charge in [-0.25, -0.2) is 14.8 Å². The highest BCUT2D eigenvalue weighted by Gasteiger charge is 2.37. The Bertz CT molecular complexity index is 1410. The molecule has 2 aromatic heterocycles. The number of hydroxylamine groups is 1. The smallest absolute Gasteiger partial charge is 0.440 e. The van der Waals surface area contributed by atoms with Crippen LogP contribution in [-0.2, 0) is 20.5 Å². The van der Waals surface area contributed by atoms with Crippen molar-refractivity contribution in [3.8, 4) is 11.1 Å². The molecule has 2 heterocycles. The van der Waals surface area contributed by atoms with E-state index >= 15 is 0 Å². The number of fused-ring (bicyclic) bond motifs is 1. The normalized spacial score (nSPS) is 13.0. The summed E-state index contributed by atoms with van der Waals surface area (Å²) in [5, 5.41) is 1.72. The van der Waals surface area contributed by atoms with E-state index in [0.717, 1.165) is 22.5 Å². The van der Waals surface area contributed by atoms with E-state index < -0.39 is 25.6 Å². The largest absolute Gasteiger partial charge is 0.442 e. The lowest BCUT2D eigenvalue weighted by Crippen LogP contribution is -2.42. The molecule has 0 bridgehead atoms. The van der Waals surface area contributed by atoms with E-state index in [0.29, 0.717) is 41.9 Å². The maximum Gasteiger partial charge on any atom is 0.440 e. The van der Waals surface area contributed by atoms with Gasteiger partial charge in [0.15, 0.2) is 20.4 Å². The molecule has 0 aliphatic heterocycles. The minimum atomic E-state index is -1.93. The molecule has 0 saturated carbocycles. The fourth-order valence-corrected chi connectivity index (χ4v) is 5.29. The molecule has 3 rings (SSSR count). The van der Waals surface area contributed by atoms with Gasteiger partial charge in [0, 0.05) is 18.7 Å². The second-order valence-corrected chi connectivity index (χ2v) is 19.0. The molecule has 1 amide bonds. The molecular formula is C32H48N4O5Si. The van der Waals surface area contributed by atoms with Gasteiger partial charge in [0.2, 0.25) is 0 Å². The van der Waals surface area contributed by atoms with Crippen molar-refractivity contribution in [3.05, 3.63) is 41.9 Å². The number of amides is 1. The van der Waals surface area contributed by atoms with Crippen LogP contribution in [0.3, 0.4) is 0 Å². The molecule has 0 fully saturated rings. The third-order valence-electron chi connectivity index (χ3n) is 7.22. The fraction of sp³-hybridized carbons (Fsp3) is 0.562. The molecule has 9 nitrogen and oxygen atoms in total. The minimum Gasteiger partial charge on any atom is -0.442 e. The molecule has 0 saturated heterocycles. The summed E-state index contributed by atoms with van der Waals surface area (Å²) in [6.07, 6.45) is 2.20. The third-order valence-corrected chi connectivity index (χ3v) is 11.8. The number of hydrogen-bond donors (Lipinski definition) is 0. The Morgan fingerprint density at radius 2 is 1.60 bits per heavy atom. The van der Waals surface area contributed by atoms with Crippen LogP contribution in [0.5, 0.6) is 0 Å². The number of carbonyl (C=O) groups excluding carboxylic acids is 2. The highest BCUT2D eigenvalue weighted by Crippen LogP contribution is 2.40. The molecule has 0 aliphatic carbocycles. The first-order chi connectivity index (χ1) is 19.3. The van der Waals surface area contributed by atoms with Gasteiger partial charge in [0.25, 0.3) is 0 Å². The fourth-order valence-electron chi connectivity index (χ4n) is 4.20. The zero-order valence-electron chi connectivity index (χ0n) is 27.4. The Morgan fingerprint density at radius 3 is 2.12 bits per heavy atom. The maximum absolute atomic E-state index is 13.5. The van der Waals surface area contributed by atoms with Crippen LogP contribution in [0, 0.1) is 6.92 Å². The van der Waals surface area contributed by atoms with Gasteiger partial charge in [-0.15, -0.1) is 5.06 Å². The summed E-state index contributed by atoms with van der Waals surface area (Å²) < 4.78 is 14.0. The lowest BCUT2D eigenvalue weighted by atomic mass is 10.0. The first-order valence-electron chi connectivity index (χ1n) is 14.5. The Kier molecular flexibility index (Phi) is 9.76. The van der Waals surface area contributed by atoms with E-state index in [1.54, 1.807) is 20.8 Å². The van der Waals surface area contributed by atoms with Crippen molar-refractivity contribution >= 4 is 37.5 Å². The molecule has 0 unspecified atom stereocenters. The molecule has 1 aromatic carbocycles. The number of carbonyl (C=O) groups is 2. The van der Waals surface area contributed by atoms with Gasteiger partial charge in [-0.2, -0.15) is 0 Å². The third kappa shape index (κ3) is 7.84. The first-order valence-corrected chi connectivity index (χ1v) is 17.4. The van der Waals surface area contributed by atoms with Crippen LogP contribution in [0.2, 0.25) is 18.1 Å². The first kappa shape index (κ1) is 33.4. The SMILES string of the molecule is Cc1ccc(-c2c(C=O)n(CCCO[Si](C)(C)C(C)(C)C)c3ncnc(N(OC(C)(C)C)C(=O)OC(C)(C)C)c23)cc1. The van der Waals surface area contributed by atoms with Gasteiger partial charge in [0.1, 0.15) is 17.6 Å². The number of aromatic nitrogens is 3. The summed E-state index contributed by atoms with van der Waals surface area (Å²) in [4.78, 5) is 41.6. The van der Waals surface area contributed by atoms with Crippen molar-refractivity contribution in [1.82, 2.24) is 14.5 Å². The Morgan fingerprint density at radius 1 is 0.976 bits per heavy atom. The van der Waals surface area contributed by atoms with Crippen molar-refractivity contribution in [2.24, 2.45) is 0 Å². The second-order valence-electron chi connectivity index (χ2n) is 14.2. The molecule has 0 aliphatic rings. The van der Waals surface area contributed by atoms with Crippen LogP contribution in [0.25, 0.3) is 22.2 Å². The standard InChI is InChI=1S/C32H48N4O5Si/c1-22-14-16-23(17-15-22)25-24(20-37)35(18-13-19-39-42(11,12)32(8,9)10)27-26(25)28(34-21-33-27)36(41-31(5,6)7)29(38)40-30(2,3)4/h14-17,20-21H,13,18-19H2,1-12H3. The van der Waals surface area contributed by atoms with E-state index in [-0.39, 0.29) is 10.9 Å². The lowest BCUT2D eigenvalue weighted by Gasteiger charge is -2.36. The maximum atomic E-state index is 13.5. The minimum absolute atomic E-state index is 0.0972. The molecule has 0 radical (unpaired) electrons. The zero-order valence-corrected chi connectivity index (χ0v) is 28.4. The predicted molar refractivity (Wildman–Crippen MR) is 170 cm³/mol. The van der Waals surface area contributed by atoms with Crippen molar-refractivity contribution in [2.75, 3.05) is 11.7 Å². The van der Waals surface area contributed by atoms with Gasteiger partial charge < -0.3 is 13.7 Å². The summed E-state index contributed by atoms with van der Waals surface area (Å²) in [6.45, 7) is 25.1. The van der Waals surface area contributed by atoms with E-state index in [4.69, 9.17) is 14.0 Å². The van der Waals surface area contributed by atoms with Crippen LogP contribution in [0.1, 0.15) is 84.8 Å². The van der Waals surface area contributed by atoms with Gasteiger partial charge in [-0.05, 0) is 78.6 Å². The average molecular weight is 597 g/mol. The van der Waals surface area contributed by atoms with Gasteiger partial charge in [-0.1, -0.05) is 50.6 Å². The van der Waals surface area contributed by atoms with Gasteiger partial charge >= 0.3 is 6.09 Å². The van der Waals surface area contributed by atoms with Gasteiger partial charge in [0.05, 0.1) is 16.7 Å². The Balaban J connectivity index is 2.22. The predicted octanol–water partition coefficient (Wildman–Crippen LogP) is 8.10. The number of nitrogens with zero attached hydrogens (tertiary/aromatic N) is 4. The van der Waals surface area contributed by atoms with E-state index in [9.17, 15) is 9.59 Å². The summed E-state index contributed by atoms with van der Waals surface area (Å²) in [5.74, 6) is 0.208. The molecule has 0 N–H and O–H groups in total. The molecule has 42 heavy (non-hydrogen) atoms. The molecule has 0 atom stereocenters. The molecule has 230 valence electrons. The second kappa shape index (κ2) is 12.3. The summed E-state index contributed by atoms with van der Waals surface area (Å²) >= 11 is 0. The topological polar surface area (TPSA) is 95.8 Å². The summed E-state index contributed by atoms with van der Waals surface area (Å²) in [6, 6.07) is 7.89. The number of anilines is 1. The Labute approximate surface area is 251 Å². The van der Waals surface area contributed by atoms with E-state index in [1.807, 2.05) is 56.5 Å². The quantitative estimate of drug-likeness (QED) is 0.107. The Hall–Kier alpha value is -3.08. The number of ether oxygens (including phenoxy) is 1. The number of aryl methyl sites for hydroxylation is 2. The average Bonchev–Trinajstić information content (AvgIpc) is 3.17. The molecule has 3 aromatic rings. The summed E-state index contributed by atoms with van der Waals surface area (Å²) in [5.41, 5.74) is 1.97. The van der Waals surface area contributed by atoms with Crippen molar-refractivity contribution in [2.45, 2.75) is 112 Å². The van der Waals surface area contributed by atoms with Crippen LogP contribution >= 0.6 is 0 Å². The van der Waals surface area contributed by atoms with Crippen molar-refractivity contribution in [3.63, 3.8) is 0 Å². The van der Waals surface area contributed by atoms with Crippen molar-refractivity contribution < 1.29 is 23.6 Å². The lowest BCUT2D eigenvalue weighted by molar-refractivity contribution is -0.0360. The zero-order chi connectivity index (χ0) is 31.7. The molecule has 0 spiro atoms. The molecular weight excluding hydrogens is 548 g/mol. The van der Waals surface area contributed by atoms with Crippen LogP contribution in [0.4, 0.5) is 10.6 Å². The van der Waals surface area contributed by atoms with Crippen LogP contribution < -0.4 is 5.06 Å². The number of benzene rings is 1. The highest BCUT2D eigenvalue weighted by atomic mass is 28.4. The monoisotopic (exact) mass is 596 g/mol. The van der Waals surface area contributed by atoms with E-state index in [2.05, 4.69) is 43.8 Å². The van der Waals surface area contributed by atoms with E-state index in [1.165, 1.54) is 6.33 Å². The van der Waals surface area contributed by atoms with Gasteiger partial charge in [-0.3, -0.25) is 9.63 Å². The molecule has 10 heteroatoms. The van der Waals surface area contributed by atoms with Crippen LogP contribution in [0.15, 0.2) is 30.6 Å². The highest BCUT2D eigenvalue weighted by molar-refractivity contribution is 6.74. The summed E-state index contributed by atoms with van der Waals surface area (Å²) in [7, 11) is -1.93.